The number of nitrogens with one attached hydrogen (secondary N) is 1. The molecule has 0 fully saturated rings. The fraction of sp³-hybridized carbons (Fsp3) is 0.385. The van der Waals surface area contributed by atoms with Crippen LogP contribution in [0.5, 0.6) is 0 Å². The number of aryl methyl sites for hydroxylation is 1. The van der Waals surface area contributed by atoms with Crippen LogP contribution in [0.25, 0.3) is 0 Å². The average Bonchev–Trinajstić information content (AvgIpc) is 2.28. The van der Waals surface area contributed by atoms with Crippen LogP contribution in [0.4, 0.5) is 5.69 Å². The van der Waals surface area contributed by atoms with Crippen molar-refractivity contribution in [3.63, 3.8) is 0 Å². The number of hydrogen-bond acceptors (Lipinski definition) is 3. The molecule has 0 aliphatic rings. The van der Waals surface area contributed by atoms with Crippen molar-refractivity contribution in [2.45, 2.75) is 26.0 Å². The van der Waals surface area contributed by atoms with Crippen molar-refractivity contribution in [2.75, 3.05) is 11.1 Å². The van der Waals surface area contributed by atoms with E-state index in [-0.39, 0.29) is 11.5 Å². The molecule has 1 amide bonds. The third-order valence-electron chi connectivity index (χ3n) is 2.32. The highest BCUT2D eigenvalue weighted by Gasteiger charge is 2.14. The summed E-state index contributed by atoms with van der Waals surface area (Å²) in [6.07, 6.45) is 0. The number of amides is 1. The van der Waals surface area contributed by atoms with Crippen molar-refractivity contribution in [3.05, 3.63) is 29.3 Å². The lowest BCUT2D eigenvalue weighted by Gasteiger charge is -2.12. The Hall–Kier alpha value is -1.49. The summed E-state index contributed by atoms with van der Waals surface area (Å²) >= 11 is 1.52. The summed E-state index contributed by atoms with van der Waals surface area (Å²) in [5.74, 6) is -0.888. The van der Waals surface area contributed by atoms with Crippen LogP contribution in [0.1, 0.15) is 29.8 Å². The predicted octanol–water partition coefficient (Wildman–Crippen LogP) is 2.77. The summed E-state index contributed by atoms with van der Waals surface area (Å²) < 4.78 is 0. The number of benzene rings is 1. The molecule has 0 radical (unpaired) electrons. The molecule has 1 aromatic rings. The van der Waals surface area contributed by atoms with Crippen LogP contribution in [-0.4, -0.2) is 28.0 Å². The first-order valence-corrected chi connectivity index (χ1v) is 6.71. The molecule has 0 unspecified atom stereocenters. The molecule has 4 nitrogen and oxygen atoms in total. The molecule has 0 aliphatic carbocycles. The van der Waals surface area contributed by atoms with Crippen molar-refractivity contribution < 1.29 is 14.7 Å². The Morgan fingerprint density at radius 3 is 2.61 bits per heavy atom. The van der Waals surface area contributed by atoms with Crippen LogP contribution in [-0.2, 0) is 4.79 Å². The summed E-state index contributed by atoms with van der Waals surface area (Å²) in [7, 11) is 0. The normalized spacial score (nSPS) is 10.4. The second-order valence-corrected chi connectivity index (χ2v) is 5.78. The lowest BCUT2D eigenvalue weighted by Crippen LogP contribution is -2.18. The molecule has 0 atom stereocenters. The van der Waals surface area contributed by atoms with E-state index in [0.29, 0.717) is 16.7 Å². The Bertz CT molecular complexity index is 458. The van der Waals surface area contributed by atoms with Gasteiger partial charge in [-0.3, -0.25) is 4.79 Å². The molecule has 0 aromatic heterocycles. The molecule has 1 aromatic carbocycles. The van der Waals surface area contributed by atoms with Crippen LogP contribution in [0, 0.1) is 6.92 Å². The molecule has 0 saturated carbocycles. The van der Waals surface area contributed by atoms with E-state index in [4.69, 9.17) is 5.11 Å². The SMILES string of the molecule is Cc1cccc(C(=O)O)c1NC(=O)CSC(C)C. The van der Waals surface area contributed by atoms with E-state index in [0.717, 1.165) is 5.56 Å². The topological polar surface area (TPSA) is 66.4 Å². The van der Waals surface area contributed by atoms with E-state index < -0.39 is 5.97 Å². The van der Waals surface area contributed by atoms with Gasteiger partial charge in [-0.2, -0.15) is 0 Å². The van der Waals surface area contributed by atoms with Crippen LogP contribution in [0.3, 0.4) is 0 Å². The molecule has 0 aliphatic heterocycles. The van der Waals surface area contributed by atoms with E-state index in [9.17, 15) is 9.59 Å². The molecule has 0 bridgehead atoms. The van der Waals surface area contributed by atoms with Gasteiger partial charge in [0.25, 0.3) is 0 Å². The number of hydrogen-bond donors (Lipinski definition) is 2. The van der Waals surface area contributed by atoms with Crippen molar-refractivity contribution in [3.8, 4) is 0 Å². The van der Waals surface area contributed by atoms with Gasteiger partial charge in [0.05, 0.1) is 17.0 Å². The maximum atomic E-state index is 11.7. The number of rotatable bonds is 5. The summed E-state index contributed by atoms with van der Waals surface area (Å²) in [6.45, 7) is 5.79. The molecule has 1 rings (SSSR count). The molecule has 18 heavy (non-hydrogen) atoms. The van der Waals surface area contributed by atoms with E-state index in [1.807, 2.05) is 13.8 Å². The first-order chi connectivity index (χ1) is 8.41. The summed E-state index contributed by atoms with van der Waals surface area (Å²) in [6, 6.07) is 4.93. The lowest BCUT2D eigenvalue weighted by molar-refractivity contribution is -0.113. The van der Waals surface area contributed by atoms with Gasteiger partial charge < -0.3 is 10.4 Å². The van der Waals surface area contributed by atoms with Crippen molar-refractivity contribution in [2.24, 2.45) is 0 Å². The maximum absolute atomic E-state index is 11.7. The number of carboxylic acid groups (broad SMARTS) is 1. The molecule has 0 spiro atoms. The monoisotopic (exact) mass is 267 g/mol. The minimum Gasteiger partial charge on any atom is -0.478 e. The van der Waals surface area contributed by atoms with Gasteiger partial charge in [0.2, 0.25) is 5.91 Å². The quantitative estimate of drug-likeness (QED) is 0.861. The second kappa shape index (κ2) is 6.44. The zero-order valence-corrected chi connectivity index (χ0v) is 11.5. The average molecular weight is 267 g/mol. The number of carboxylic acids is 1. The fourth-order valence-corrected chi connectivity index (χ4v) is 1.99. The predicted molar refractivity (Wildman–Crippen MR) is 74.4 cm³/mol. The summed E-state index contributed by atoms with van der Waals surface area (Å²) in [4.78, 5) is 22.8. The minimum atomic E-state index is -1.04. The van der Waals surface area contributed by atoms with Gasteiger partial charge in [-0.1, -0.05) is 26.0 Å². The Labute approximate surface area is 111 Å². The minimum absolute atomic E-state index is 0.123. The van der Waals surface area contributed by atoms with E-state index >= 15 is 0 Å². The third-order valence-corrected chi connectivity index (χ3v) is 3.41. The number of thioether (sulfide) groups is 1. The Balaban J connectivity index is 2.83. The van der Waals surface area contributed by atoms with E-state index in [1.165, 1.54) is 17.8 Å². The first kappa shape index (κ1) is 14.6. The summed E-state index contributed by atoms with van der Waals surface area (Å²) in [5, 5.41) is 12.1. The van der Waals surface area contributed by atoms with Crippen molar-refractivity contribution >= 4 is 29.3 Å². The molecule has 2 N–H and O–H groups in total. The Morgan fingerprint density at radius 2 is 2.06 bits per heavy atom. The standard InChI is InChI=1S/C13H17NO3S/c1-8(2)18-7-11(15)14-12-9(3)5-4-6-10(12)13(16)17/h4-6,8H,7H2,1-3H3,(H,14,15)(H,16,17). The smallest absolute Gasteiger partial charge is 0.337 e. The van der Waals surface area contributed by atoms with E-state index in [1.54, 1.807) is 19.1 Å². The van der Waals surface area contributed by atoms with Gasteiger partial charge in [0.15, 0.2) is 0 Å². The number of carbonyl (C=O) groups is 2. The highest BCUT2D eigenvalue weighted by atomic mass is 32.2. The van der Waals surface area contributed by atoms with Gasteiger partial charge >= 0.3 is 5.97 Å². The number of carbonyl (C=O) groups excluding carboxylic acids is 1. The molecule has 0 saturated heterocycles. The zero-order chi connectivity index (χ0) is 13.7. The molecule has 98 valence electrons. The van der Waals surface area contributed by atoms with Gasteiger partial charge in [0.1, 0.15) is 0 Å². The fourth-order valence-electron chi connectivity index (χ4n) is 1.43. The summed E-state index contributed by atoms with van der Waals surface area (Å²) in [5.41, 5.74) is 1.26. The van der Waals surface area contributed by atoms with Gasteiger partial charge in [0, 0.05) is 0 Å². The highest BCUT2D eigenvalue weighted by Crippen LogP contribution is 2.21. The van der Waals surface area contributed by atoms with Crippen LogP contribution in [0.15, 0.2) is 18.2 Å². The lowest BCUT2D eigenvalue weighted by atomic mass is 10.1. The van der Waals surface area contributed by atoms with Gasteiger partial charge in [-0.25, -0.2) is 4.79 Å². The third kappa shape index (κ3) is 4.07. The van der Waals surface area contributed by atoms with Crippen molar-refractivity contribution in [1.29, 1.82) is 0 Å². The van der Waals surface area contributed by atoms with E-state index in [2.05, 4.69) is 5.32 Å². The van der Waals surface area contributed by atoms with Gasteiger partial charge in [-0.15, -0.1) is 11.8 Å². The zero-order valence-electron chi connectivity index (χ0n) is 10.7. The Morgan fingerprint density at radius 1 is 1.39 bits per heavy atom. The largest absolute Gasteiger partial charge is 0.478 e. The molecule has 5 heteroatoms. The number of anilines is 1. The van der Waals surface area contributed by atoms with Crippen LogP contribution < -0.4 is 5.32 Å². The van der Waals surface area contributed by atoms with Crippen LogP contribution >= 0.6 is 11.8 Å². The van der Waals surface area contributed by atoms with Gasteiger partial charge in [-0.05, 0) is 23.8 Å². The first-order valence-electron chi connectivity index (χ1n) is 5.66. The second-order valence-electron chi connectivity index (χ2n) is 4.21. The van der Waals surface area contributed by atoms with Crippen molar-refractivity contribution in [1.82, 2.24) is 0 Å². The number of aromatic carboxylic acids is 1. The molecule has 0 heterocycles. The molecular formula is C13H17NO3S. The van der Waals surface area contributed by atoms with Crippen LogP contribution in [0.2, 0.25) is 0 Å². The molecular weight excluding hydrogens is 250 g/mol. The highest BCUT2D eigenvalue weighted by molar-refractivity contribution is 8.00. The maximum Gasteiger partial charge on any atom is 0.337 e. The number of para-hydroxylation sites is 1. The Kier molecular flexibility index (Phi) is 5.22.